The van der Waals surface area contributed by atoms with Gasteiger partial charge in [0, 0.05) is 23.2 Å². The molecule has 0 bridgehead atoms. The van der Waals surface area contributed by atoms with Crippen LogP contribution in [0, 0.1) is 0 Å². The van der Waals surface area contributed by atoms with Crippen LogP contribution in [0.1, 0.15) is 13.3 Å². The number of benzene rings is 2. The van der Waals surface area contributed by atoms with Gasteiger partial charge in [-0.2, -0.15) is 0 Å². The Hall–Kier alpha value is -2.40. The van der Waals surface area contributed by atoms with Gasteiger partial charge in [0.2, 0.25) is 0 Å². The van der Waals surface area contributed by atoms with Crippen molar-refractivity contribution in [3.05, 3.63) is 47.5 Å². The van der Waals surface area contributed by atoms with Gasteiger partial charge in [0.05, 0.1) is 13.2 Å². The van der Waals surface area contributed by atoms with Gasteiger partial charge in [-0.3, -0.25) is 4.79 Å². The summed E-state index contributed by atoms with van der Waals surface area (Å²) in [6.07, 6.45) is 0.185. The average Bonchev–Trinajstić information content (AvgIpc) is 2.81. The highest BCUT2D eigenvalue weighted by molar-refractivity contribution is 6.30. The van der Waals surface area contributed by atoms with Gasteiger partial charge in [-0.05, 0) is 43.3 Å². The lowest BCUT2D eigenvalue weighted by atomic mass is 10.2. The Bertz CT molecular complexity index is 717. The molecule has 0 unspecified atom stereocenters. The second-order valence-corrected chi connectivity index (χ2v) is 5.85. The molecule has 1 heterocycles. The number of anilines is 1. The van der Waals surface area contributed by atoms with Crippen molar-refractivity contribution >= 4 is 23.2 Å². The Morgan fingerprint density at radius 2 is 1.83 bits per heavy atom. The average molecular weight is 348 g/mol. The maximum atomic E-state index is 12.3. The second kappa shape index (κ2) is 7.45. The molecule has 0 saturated carbocycles. The molecule has 1 amide bonds. The molecule has 2 aromatic rings. The molecule has 0 aliphatic carbocycles. The molecule has 0 spiro atoms. The third-order valence-electron chi connectivity index (χ3n) is 3.51. The van der Waals surface area contributed by atoms with Crippen molar-refractivity contribution in [3.63, 3.8) is 0 Å². The molecule has 0 aromatic heterocycles. The number of ether oxygens (including phenoxy) is 3. The number of carbonyl (C=O) groups is 1. The van der Waals surface area contributed by atoms with Gasteiger partial charge in [0.25, 0.3) is 5.91 Å². The van der Waals surface area contributed by atoms with Crippen molar-refractivity contribution in [3.8, 4) is 17.2 Å². The number of fused-ring (bicyclic) bond motifs is 1. The highest BCUT2D eigenvalue weighted by Gasteiger charge is 2.17. The van der Waals surface area contributed by atoms with E-state index in [0.717, 1.165) is 6.42 Å². The molecule has 0 radical (unpaired) electrons. The topological polar surface area (TPSA) is 56.8 Å². The third kappa shape index (κ3) is 4.11. The highest BCUT2D eigenvalue weighted by Crippen LogP contribution is 2.32. The van der Waals surface area contributed by atoms with E-state index >= 15 is 0 Å². The molecule has 1 atom stereocenters. The molecule has 1 aliphatic heterocycles. The first-order valence-corrected chi connectivity index (χ1v) is 8.12. The normalized spacial score (nSPS) is 14.4. The van der Waals surface area contributed by atoms with E-state index < -0.39 is 6.10 Å². The molecular formula is C18H18ClNO4. The van der Waals surface area contributed by atoms with Gasteiger partial charge in [-0.1, -0.05) is 11.6 Å². The van der Waals surface area contributed by atoms with E-state index in [4.69, 9.17) is 25.8 Å². The van der Waals surface area contributed by atoms with E-state index in [9.17, 15) is 4.79 Å². The van der Waals surface area contributed by atoms with E-state index in [0.29, 0.717) is 41.2 Å². The van der Waals surface area contributed by atoms with Crippen LogP contribution in [0.2, 0.25) is 5.02 Å². The Morgan fingerprint density at radius 1 is 1.12 bits per heavy atom. The molecule has 5 nitrogen and oxygen atoms in total. The zero-order valence-corrected chi connectivity index (χ0v) is 14.0. The van der Waals surface area contributed by atoms with Gasteiger partial charge in [-0.15, -0.1) is 0 Å². The minimum absolute atomic E-state index is 0.251. The third-order valence-corrected chi connectivity index (χ3v) is 3.76. The second-order valence-electron chi connectivity index (χ2n) is 5.42. The van der Waals surface area contributed by atoms with Crippen LogP contribution in [-0.2, 0) is 4.79 Å². The largest absolute Gasteiger partial charge is 0.490 e. The molecule has 2 aromatic carbocycles. The van der Waals surface area contributed by atoms with Crippen LogP contribution in [-0.4, -0.2) is 25.2 Å². The van der Waals surface area contributed by atoms with E-state index in [-0.39, 0.29) is 5.91 Å². The first-order valence-electron chi connectivity index (χ1n) is 7.74. The Labute approximate surface area is 145 Å². The minimum atomic E-state index is -0.651. The summed E-state index contributed by atoms with van der Waals surface area (Å²) >= 11 is 5.83. The molecule has 126 valence electrons. The van der Waals surface area contributed by atoms with E-state index in [1.165, 1.54) is 0 Å². The summed E-state index contributed by atoms with van der Waals surface area (Å²) in [5, 5.41) is 3.44. The van der Waals surface area contributed by atoms with Crippen LogP contribution in [0.4, 0.5) is 5.69 Å². The molecule has 0 fully saturated rings. The first-order chi connectivity index (χ1) is 11.6. The van der Waals surface area contributed by atoms with Crippen LogP contribution < -0.4 is 19.5 Å². The zero-order chi connectivity index (χ0) is 16.9. The summed E-state index contributed by atoms with van der Waals surface area (Å²) in [7, 11) is 0. The van der Waals surface area contributed by atoms with Crippen molar-refractivity contribution in [2.45, 2.75) is 19.4 Å². The summed E-state index contributed by atoms with van der Waals surface area (Å²) in [5.41, 5.74) is 0.635. The number of hydrogen-bond acceptors (Lipinski definition) is 4. The first kappa shape index (κ1) is 16.5. The monoisotopic (exact) mass is 347 g/mol. The van der Waals surface area contributed by atoms with Crippen molar-refractivity contribution in [2.75, 3.05) is 18.5 Å². The molecule has 1 N–H and O–H groups in total. The van der Waals surface area contributed by atoms with Crippen LogP contribution >= 0.6 is 11.6 Å². The Balaban J connectivity index is 1.63. The van der Waals surface area contributed by atoms with Gasteiger partial charge in [0.1, 0.15) is 5.75 Å². The van der Waals surface area contributed by atoms with Crippen LogP contribution in [0.15, 0.2) is 42.5 Å². The van der Waals surface area contributed by atoms with Crippen LogP contribution in [0.5, 0.6) is 17.2 Å². The lowest BCUT2D eigenvalue weighted by molar-refractivity contribution is -0.122. The summed E-state index contributed by atoms with van der Waals surface area (Å²) < 4.78 is 16.8. The van der Waals surface area contributed by atoms with Crippen molar-refractivity contribution in [1.82, 2.24) is 0 Å². The van der Waals surface area contributed by atoms with Crippen molar-refractivity contribution < 1.29 is 19.0 Å². The van der Waals surface area contributed by atoms with Crippen LogP contribution in [0.25, 0.3) is 0 Å². The fraction of sp³-hybridized carbons (Fsp3) is 0.278. The fourth-order valence-electron chi connectivity index (χ4n) is 2.26. The number of carbonyl (C=O) groups excluding carboxylic acids is 1. The van der Waals surface area contributed by atoms with E-state index in [1.807, 2.05) is 0 Å². The van der Waals surface area contributed by atoms with Gasteiger partial charge in [-0.25, -0.2) is 0 Å². The molecular weight excluding hydrogens is 330 g/mol. The summed E-state index contributed by atoms with van der Waals surface area (Å²) in [6.45, 7) is 2.91. The van der Waals surface area contributed by atoms with Crippen molar-refractivity contribution in [1.29, 1.82) is 0 Å². The van der Waals surface area contributed by atoms with E-state index in [2.05, 4.69) is 5.32 Å². The number of nitrogens with one attached hydrogen (secondary N) is 1. The minimum Gasteiger partial charge on any atom is -0.490 e. The Morgan fingerprint density at radius 3 is 2.58 bits per heavy atom. The predicted octanol–water partition coefficient (Wildman–Crippen LogP) is 3.91. The summed E-state index contributed by atoms with van der Waals surface area (Å²) in [6, 6.07) is 12.2. The smallest absolute Gasteiger partial charge is 0.265 e. The standard InChI is InChI=1S/C18H18ClNO4/c1-12(24-15-6-3-13(19)4-7-15)18(21)20-14-5-8-16-17(11-14)23-10-2-9-22-16/h3-8,11-12H,2,9-10H2,1H3,(H,20,21)/t12-/m1/s1. The zero-order valence-electron chi connectivity index (χ0n) is 13.3. The lowest BCUT2D eigenvalue weighted by Crippen LogP contribution is -2.30. The van der Waals surface area contributed by atoms with Gasteiger partial charge < -0.3 is 19.5 Å². The summed E-state index contributed by atoms with van der Waals surface area (Å²) in [5.74, 6) is 1.66. The summed E-state index contributed by atoms with van der Waals surface area (Å²) in [4.78, 5) is 12.3. The molecule has 1 aliphatic rings. The predicted molar refractivity (Wildman–Crippen MR) is 92.2 cm³/mol. The molecule has 6 heteroatoms. The number of hydrogen-bond donors (Lipinski definition) is 1. The maximum absolute atomic E-state index is 12.3. The number of halogens is 1. The number of rotatable bonds is 4. The molecule has 0 saturated heterocycles. The SMILES string of the molecule is C[C@@H](Oc1ccc(Cl)cc1)C(=O)Nc1ccc2c(c1)OCCCO2. The quantitative estimate of drug-likeness (QED) is 0.911. The molecule has 3 rings (SSSR count). The molecule has 24 heavy (non-hydrogen) atoms. The van der Waals surface area contributed by atoms with Crippen LogP contribution in [0.3, 0.4) is 0 Å². The van der Waals surface area contributed by atoms with E-state index in [1.54, 1.807) is 49.4 Å². The Kier molecular flexibility index (Phi) is 5.11. The lowest BCUT2D eigenvalue weighted by Gasteiger charge is -2.15. The maximum Gasteiger partial charge on any atom is 0.265 e. The number of amides is 1. The highest BCUT2D eigenvalue weighted by atomic mass is 35.5. The van der Waals surface area contributed by atoms with Crippen molar-refractivity contribution in [2.24, 2.45) is 0 Å². The van der Waals surface area contributed by atoms with Gasteiger partial charge in [0.15, 0.2) is 17.6 Å². The fourth-order valence-corrected chi connectivity index (χ4v) is 2.38. The van der Waals surface area contributed by atoms with Gasteiger partial charge >= 0.3 is 0 Å².